The van der Waals surface area contributed by atoms with Crippen LogP contribution in [0.2, 0.25) is 0 Å². The number of carboxylic acid groups (broad SMARTS) is 2. The van der Waals surface area contributed by atoms with Gasteiger partial charge in [-0.15, -0.1) is 0 Å². The number of carbonyl (C=O) groups is 7. The van der Waals surface area contributed by atoms with Crippen LogP contribution in [-0.2, 0) is 76.2 Å². The fourth-order valence-electron chi connectivity index (χ4n) is 9.15. The molecule has 0 aromatic rings. The van der Waals surface area contributed by atoms with E-state index in [9.17, 15) is 105 Å². The third kappa shape index (κ3) is 15.2. The highest BCUT2D eigenvalue weighted by Gasteiger charge is 2.61. The minimum atomic E-state index is -3.26. The molecule has 4 rings (SSSR count). The van der Waals surface area contributed by atoms with Crippen LogP contribution < -0.4 is 21.3 Å². The summed E-state index contributed by atoms with van der Waals surface area (Å²) < 4.78 is 51.4. The number of esters is 1. The maximum Gasteiger partial charge on any atom is 0.364 e. The largest absolute Gasteiger partial charge is 0.477 e. The first kappa shape index (κ1) is 65.0. The van der Waals surface area contributed by atoms with Crippen molar-refractivity contribution in [2.45, 2.75) is 193 Å². The Labute approximate surface area is 437 Å². The number of amides is 4. The van der Waals surface area contributed by atoms with Gasteiger partial charge < -0.3 is 135 Å². The fourth-order valence-corrected chi connectivity index (χ4v) is 9.15. The summed E-state index contributed by atoms with van der Waals surface area (Å²) in [5.41, 5.74) is 0. The molecule has 4 heterocycles. The Morgan fingerprint density at radius 3 is 1.52 bits per heavy atom. The van der Waals surface area contributed by atoms with E-state index in [4.69, 9.17) is 42.6 Å². The molecule has 34 nitrogen and oxygen atoms in total. The minimum absolute atomic E-state index is 0.785. The van der Waals surface area contributed by atoms with E-state index in [1.807, 2.05) is 0 Å². The van der Waals surface area contributed by atoms with Gasteiger partial charge in [-0.1, -0.05) is 0 Å². The number of hydrogen-bond donors (Lipinski definition) is 18. The van der Waals surface area contributed by atoms with E-state index < -0.39 is 227 Å². The van der Waals surface area contributed by atoms with Crippen LogP contribution in [0.4, 0.5) is 0 Å². The third-order valence-electron chi connectivity index (χ3n) is 13.0. The smallest absolute Gasteiger partial charge is 0.364 e. The van der Waals surface area contributed by atoms with Gasteiger partial charge in [-0.3, -0.25) is 19.2 Å². The maximum absolute atomic E-state index is 13.1. The van der Waals surface area contributed by atoms with Crippen molar-refractivity contribution in [3.63, 3.8) is 0 Å². The Kier molecular flexibility index (Phi) is 23.3. The number of aliphatic carboxylic acids is 2. The lowest BCUT2D eigenvalue weighted by Gasteiger charge is -2.51. The van der Waals surface area contributed by atoms with Crippen molar-refractivity contribution < 1.29 is 148 Å². The van der Waals surface area contributed by atoms with Gasteiger partial charge >= 0.3 is 17.9 Å². The van der Waals surface area contributed by atoms with Gasteiger partial charge in [-0.25, -0.2) is 14.4 Å². The zero-order chi connectivity index (χ0) is 58.2. The molecule has 442 valence electrons. The van der Waals surface area contributed by atoms with Crippen LogP contribution in [0.25, 0.3) is 0 Å². The summed E-state index contributed by atoms with van der Waals surface area (Å²) in [6.45, 7) is 0.448. The number of ether oxygens (including phenoxy) is 9. The van der Waals surface area contributed by atoms with Crippen molar-refractivity contribution in [3.05, 3.63) is 0 Å². The lowest BCUT2D eigenvalue weighted by Crippen LogP contribution is -2.71. The molecule has 0 spiro atoms. The minimum Gasteiger partial charge on any atom is -0.477 e. The Balaban J connectivity index is 1.83. The van der Waals surface area contributed by atoms with Gasteiger partial charge in [0.15, 0.2) is 18.6 Å². The van der Waals surface area contributed by atoms with Crippen LogP contribution in [0.3, 0.4) is 0 Å². The number of aliphatic hydroxyl groups is 12. The number of methoxy groups -OCH3 is 1. The van der Waals surface area contributed by atoms with Gasteiger partial charge in [0.05, 0.1) is 63.9 Å². The highest BCUT2D eigenvalue weighted by atomic mass is 16.8. The molecule has 4 fully saturated rings. The van der Waals surface area contributed by atoms with Crippen LogP contribution in [0, 0.1) is 0 Å². The number of aliphatic hydroxyl groups excluding tert-OH is 12. The summed E-state index contributed by atoms with van der Waals surface area (Å²) in [6, 6.07) is -6.89. The molecular weight excluding hydrogens is 1050 g/mol. The Morgan fingerprint density at radius 2 is 1.08 bits per heavy atom. The Bertz CT molecular complexity index is 2050. The molecule has 24 atom stereocenters. The van der Waals surface area contributed by atoms with Crippen LogP contribution in [0.1, 0.15) is 47.5 Å². The number of nitrogens with one attached hydrogen (secondary N) is 4. The molecule has 4 aliphatic heterocycles. The maximum atomic E-state index is 13.1. The third-order valence-corrected chi connectivity index (χ3v) is 13.0. The molecule has 4 aliphatic rings. The molecule has 77 heavy (non-hydrogen) atoms. The van der Waals surface area contributed by atoms with Crippen LogP contribution >= 0.6 is 0 Å². The van der Waals surface area contributed by atoms with E-state index >= 15 is 0 Å². The van der Waals surface area contributed by atoms with Crippen molar-refractivity contribution in [2.75, 3.05) is 33.5 Å². The summed E-state index contributed by atoms with van der Waals surface area (Å²) in [5, 5.41) is 160. The van der Waals surface area contributed by atoms with Gasteiger partial charge in [0.25, 0.3) is 11.6 Å². The summed E-state index contributed by atoms with van der Waals surface area (Å²) >= 11 is 0. The first-order chi connectivity index (χ1) is 35.9. The van der Waals surface area contributed by atoms with Gasteiger partial charge in [-0.2, -0.15) is 0 Å². The quantitative estimate of drug-likeness (QED) is 0.0399. The summed E-state index contributed by atoms with van der Waals surface area (Å²) in [6.07, 6.45) is -40.6. The van der Waals surface area contributed by atoms with Crippen molar-refractivity contribution in [3.8, 4) is 0 Å². The summed E-state index contributed by atoms with van der Waals surface area (Å²) in [7, 11) is 0.958. The van der Waals surface area contributed by atoms with Crippen LogP contribution in [0.5, 0.6) is 0 Å². The van der Waals surface area contributed by atoms with E-state index in [1.165, 1.54) is 6.92 Å². The molecule has 0 aromatic heterocycles. The molecule has 0 bridgehead atoms. The molecule has 34 heteroatoms. The zero-order valence-corrected chi connectivity index (χ0v) is 42.2. The zero-order valence-electron chi connectivity index (χ0n) is 42.2. The lowest BCUT2D eigenvalue weighted by atomic mass is 9.88. The second-order valence-electron chi connectivity index (χ2n) is 18.8. The Morgan fingerprint density at radius 1 is 0.623 bits per heavy atom. The van der Waals surface area contributed by atoms with E-state index in [-0.39, 0.29) is 0 Å². The topological polar surface area (TPSA) is 534 Å². The molecule has 18 N–H and O–H groups in total. The highest BCUT2D eigenvalue weighted by Crippen LogP contribution is 2.40. The lowest BCUT2D eigenvalue weighted by molar-refractivity contribution is -0.383. The van der Waals surface area contributed by atoms with Crippen molar-refractivity contribution in [1.29, 1.82) is 0 Å². The predicted octanol–water partition coefficient (Wildman–Crippen LogP) is -10.8. The number of carboxylic acids is 2. The van der Waals surface area contributed by atoms with Gasteiger partial charge in [0, 0.05) is 40.5 Å². The molecule has 0 saturated carbocycles. The molecule has 0 unspecified atom stereocenters. The predicted molar refractivity (Wildman–Crippen MR) is 241 cm³/mol. The average molecular weight is 1120 g/mol. The van der Waals surface area contributed by atoms with Crippen molar-refractivity contribution >= 4 is 41.5 Å². The number of hydrogen-bond acceptors (Lipinski definition) is 28. The summed E-state index contributed by atoms with van der Waals surface area (Å²) in [4.78, 5) is 88.4. The van der Waals surface area contributed by atoms with Gasteiger partial charge in [-0.05, 0) is 6.92 Å². The van der Waals surface area contributed by atoms with E-state index in [0.717, 1.165) is 34.8 Å². The molecule has 0 aromatic carbocycles. The molecule has 4 saturated heterocycles. The van der Waals surface area contributed by atoms with Crippen molar-refractivity contribution in [1.82, 2.24) is 21.3 Å². The molecule has 4 amide bonds. The SMILES string of the molecule is COC(=O)[C@@H](NC(C)=O)[C@@H](C)O[C@H]1O[C@H](CO[C@]2(C(=O)O)C[C@H](O)[C@@H](NC(C)=O)[C@H]([C@H](O)[C@H](O)CO)O2)[C@H](O)[C@H](O[C@@H]2O[C@H](CO)[C@H](O)[C@H](O[C@]3(C(=O)O)C[C@H](O)[C@@H](NC(C)=O)[C@H]([C@H](O)[C@H](O)CO)O3)[C@H]2O)[C@H]1NC(C)=O. The summed E-state index contributed by atoms with van der Waals surface area (Å²) in [5.74, 6) is -15.0. The van der Waals surface area contributed by atoms with Crippen molar-refractivity contribution in [2.24, 2.45) is 0 Å². The van der Waals surface area contributed by atoms with Gasteiger partial charge in [0.2, 0.25) is 23.6 Å². The first-order valence-corrected chi connectivity index (χ1v) is 23.8. The highest BCUT2D eigenvalue weighted by molar-refractivity contribution is 5.83. The standard InChI is InChI=1S/C43H70N4O30/c1-13(24(37(64)69-6)44-14(2)51)71-38-27(47-17(5)54)33(31(62)23(73-38)12-70-42(40(65)66)7-18(55)25(45-15(3)52)34(75-42)28(59)20(57)9-48)74-39-32(63)36(30(61)22(11-50)72-39)77-43(41(67)68)8-19(56)26(46-16(4)53)35(76-43)29(60)21(58)10-49/h13,18-36,38-39,48-50,55-63H,7-12H2,1-6H3,(H,44,51)(H,45,52)(H,46,53)(H,47,54)(H,65,66)(H,67,68)/t13-,18+,19+,20-,21-,22-,23-,24+,25-,26-,27-,28-,29-,30+,31+,32-,33-,34-,35-,36+,38+,39+,42-,43+/m1/s1. The monoisotopic (exact) mass is 1120 g/mol. The van der Waals surface area contributed by atoms with E-state index in [0.29, 0.717) is 0 Å². The molecule has 0 radical (unpaired) electrons. The van der Waals surface area contributed by atoms with Crippen LogP contribution in [0.15, 0.2) is 0 Å². The second kappa shape index (κ2) is 27.6. The number of carbonyl (C=O) groups excluding carboxylic acids is 5. The molecule has 0 aliphatic carbocycles. The molecular formula is C43H70N4O30. The van der Waals surface area contributed by atoms with Gasteiger partial charge in [0.1, 0.15) is 85.4 Å². The van der Waals surface area contributed by atoms with E-state index in [2.05, 4.69) is 21.3 Å². The fraction of sp³-hybridized carbons (Fsp3) is 0.837. The number of rotatable bonds is 24. The average Bonchev–Trinajstić information content (AvgIpc) is 3.36. The Hall–Kier alpha value is -4.51. The first-order valence-electron chi connectivity index (χ1n) is 23.8. The normalized spacial score (nSPS) is 37.8. The second-order valence-corrected chi connectivity index (χ2v) is 18.8. The van der Waals surface area contributed by atoms with E-state index in [1.54, 1.807) is 0 Å². The van der Waals surface area contributed by atoms with Crippen LogP contribution in [-0.4, -0.2) is 293 Å².